The van der Waals surface area contributed by atoms with Crippen molar-refractivity contribution in [2.24, 2.45) is 17.1 Å². The molecule has 1 saturated carbocycles. The van der Waals surface area contributed by atoms with Crippen LogP contribution in [0.4, 0.5) is 4.79 Å². The Hall–Kier alpha value is -1.47. The summed E-state index contributed by atoms with van der Waals surface area (Å²) in [6, 6.07) is -1.80. The summed E-state index contributed by atoms with van der Waals surface area (Å²) in [6.45, 7) is 4.13. The van der Waals surface area contributed by atoms with Crippen LogP contribution in [0.1, 0.15) is 39.5 Å². The van der Waals surface area contributed by atoms with E-state index < -0.39 is 33.9 Å². The average molecular weight is 406 g/mol. The van der Waals surface area contributed by atoms with Gasteiger partial charge in [0.1, 0.15) is 0 Å². The predicted octanol–water partition coefficient (Wildman–Crippen LogP) is -0.199. The van der Waals surface area contributed by atoms with Crippen LogP contribution in [0.2, 0.25) is 0 Å². The maximum absolute atomic E-state index is 12.5. The molecule has 2 bridgehead atoms. The second-order valence-corrected chi connectivity index (χ2v) is 9.17. The number of nitrogens with zero attached hydrogens (tertiary/aromatic N) is 2. The molecular formula is C15H26N4O7S. The van der Waals surface area contributed by atoms with E-state index in [4.69, 9.17) is 15.1 Å². The Morgan fingerprint density at radius 3 is 2.70 bits per heavy atom. The number of urea groups is 1. The molecule has 1 aliphatic carbocycles. The van der Waals surface area contributed by atoms with Gasteiger partial charge in [-0.3, -0.25) is 14.2 Å². The van der Waals surface area contributed by atoms with E-state index in [-0.39, 0.29) is 31.5 Å². The third-order valence-corrected chi connectivity index (χ3v) is 5.83. The molecule has 3 aliphatic rings. The molecule has 0 aromatic carbocycles. The van der Waals surface area contributed by atoms with Crippen molar-refractivity contribution in [3.05, 3.63) is 0 Å². The van der Waals surface area contributed by atoms with Crippen LogP contribution in [0.5, 0.6) is 0 Å². The third-order valence-electron chi connectivity index (χ3n) is 5.48. The molecule has 0 aromatic rings. The zero-order chi connectivity index (χ0) is 20.0. The summed E-state index contributed by atoms with van der Waals surface area (Å²) in [5.41, 5.74) is 7.74. The molecule has 3 unspecified atom stereocenters. The summed E-state index contributed by atoms with van der Waals surface area (Å²) >= 11 is 0. The zero-order valence-electron chi connectivity index (χ0n) is 15.3. The molecule has 3 atom stereocenters. The standard InChI is InChI=1S/C15H26N4O7S/c1-15(2)6-10(5-13(20)17-25-8-11(16)9-3-4-9)18-7-12(15)19(14(18)21)26-27(22,23)24/h9-12H,3-8,16H2,1-2H3,(H,17,20)(H,22,23,24). The molecule has 3 amide bonds. The summed E-state index contributed by atoms with van der Waals surface area (Å²) in [5, 5.41) is 0.679. The summed E-state index contributed by atoms with van der Waals surface area (Å²) < 4.78 is 35.5. The Morgan fingerprint density at radius 1 is 1.44 bits per heavy atom. The first-order valence-corrected chi connectivity index (χ1v) is 10.3. The molecule has 3 rings (SSSR count). The molecule has 11 nitrogen and oxygen atoms in total. The van der Waals surface area contributed by atoms with Crippen LogP contribution in [0.3, 0.4) is 0 Å². The SMILES string of the molecule is CC1(C)CC(CC(=O)NOCC(N)C2CC2)N2CC1N(OS(=O)(=O)O)C2=O. The monoisotopic (exact) mass is 406 g/mol. The molecule has 2 heterocycles. The number of nitrogens with two attached hydrogens (primary N) is 1. The van der Waals surface area contributed by atoms with Crippen LogP contribution in [0, 0.1) is 11.3 Å². The number of fused-ring (bicyclic) bond motifs is 2. The van der Waals surface area contributed by atoms with Crippen molar-refractivity contribution in [1.82, 2.24) is 15.4 Å². The number of piperidine rings is 1. The van der Waals surface area contributed by atoms with Crippen LogP contribution < -0.4 is 11.2 Å². The lowest BCUT2D eigenvalue weighted by Crippen LogP contribution is -2.50. The molecule has 0 aromatic heterocycles. The Kier molecular flexibility index (Phi) is 5.38. The number of carbonyl (C=O) groups excluding carboxylic acids is 2. The van der Waals surface area contributed by atoms with Crippen LogP contribution >= 0.6 is 0 Å². The number of amides is 3. The van der Waals surface area contributed by atoms with Gasteiger partial charge in [-0.2, -0.15) is 13.5 Å². The number of hydrogen-bond donors (Lipinski definition) is 3. The largest absolute Gasteiger partial charge is 0.418 e. The molecule has 0 radical (unpaired) electrons. The molecule has 0 spiro atoms. The van der Waals surface area contributed by atoms with Crippen molar-refractivity contribution < 1.29 is 31.7 Å². The van der Waals surface area contributed by atoms with Crippen LogP contribution in [-0.4, -0.2) is 66.1 Å². The van der Waals surface area contributed by atoms with Gasteiger partial charge in [-0.05, 0) is 30.6 Å². The quantitative estimate of drug-likeness (QED) is 0.370. The van der Waals surface area contributed by atoms with E-state index in [0.717, 1.165) is 12.8 Å². The topological polar surface area (TPSA) is 151 Å². The van der Waals surface area contributed by atoms with E-state index in [9.17, 15) is 18.0 Å². The highest BCUT2D eigenvalue weighted by atomic mass is 32.3. The second-order valence-electron chi connectivity index (χ2n) is 8.17. The van der Waals surface area contributed by atoms with Crippen LogP contribution in [-0.2, 0) is 24.3 Å². The van der Waals surface area contributed by atoms with E-state index >= 15 is 0 Å². The van der Waals surface area contributed by atoms with Crippen molar-refractivity contribution in [3.63, 3.8) is 0 Å². The fourth-order valence-corrected chi connectivity index (χ4v) is 4.19. The van der Waals surface area contributed by atoms with Gasteiger partial charge in [0.25, 0.3) is 0 Å². The van der Waals surface area contributed by atoms with Gasteiger partial charge in [0.2, 0.25) is 5.91 Å². The molecule has 12 heteroatoms. The second kappa shape index (κ2) is 7.17. The van der Waals surface area contributed by atoms with Crippen LogP contribution in [0.25, 0.3) is 0 Å². The fourth-order valence-electron chi connectivity index (χ4n) is 3.82. The summed E-state index contributed by atoms with van der Waals surface area (Å²) in [5.74, 6) is 0.0631. The summed E-state index contributed by atoms with van der Waals surface area (Å²) in [6.07, 6.45) is 2.62. The highest BCUT2D eigenvalue weighted by Gasteiger charge is 2.55. The van der Waals surface area contributed by atoms with Gasteiger partial charge in [0.15, 0.2) is 0 Å². The molecule has 154 valence electrons. The van der Waals surface area contributed by atoms with E-state index in [1.165, 1.54) is 4.90 Å². The average Bonchev–Trinajstić information content (AvgIpc) is 3.32. The maximum atomic E-state index is 12.5. The Balaban J connectivity index is 1.58. The molecule has 2 saturated heterocycles. The maximum Gasteiger partial charge on any atom is 0.418 e. The normalized spacial score (nSPS) is 28.4. The van der Waals surface area contributed by atoms with Crippen molar-refractivity contribution in [2.75, 3.05) is 13.2 Å². The Morgan fingerprint density at radius 2 is 2.11 bits per heavy atom. The van der Waals surface area contributed by atoms with Crippen LogP contribution in [0.15, 0.2) is 0 Å². The lowest BCUT2D eigenvalue weighted by Gasteiger charge is -2.41. The van der Waals surface area contributed by atoms with Crippen molar-refractivity contribution in [3.8, 4) is 0 Å². The summed E-state index contributed by atoms with van der Waals surface area (Å²) in [7, 11) is -4.82. The lowest BCUT2D eigenvalue weighted by atomic mass is 9.75. The highest BCUT2D eigenvalue weighted by molar-refractivity contribution is 7.80. The first-order chi connectivity index (χ1) is 12.5. The van der Waals surface area contributed by atoms with Gasteiger partial charge in [0.05, 0.1) is 12.6 Å². The summed E-state index contributed by atoms with van der Waals surface area (Å²) in [4.78, 5) is 31.2. The number of nitrogens with one attached hydrogen (secondary N) is 1. The zero-order valence-corrected chi connectivity index (χ0v) is 16.1. The molecule has 4 N–H and O–H groups in total. The smallest absolute Gasteiger partial charge is 0.325 e. The first-order valence-electron chi connectivity index (χ1n) is 8.91. The van der Waals surface area contributed by atoms with Crippen molar-refractivity contribution in [2.45, 2.75) is 57.7 Å². The predicted molar refractivity (Wildman–Crippen MR) is 92.0 cm³/mol. The van der Waals surface area contributed by atoms with Gasteiger partial charge in [-0.25, -0.2) is 10.3 Å². The number of hydrogen-bond acceptors (Lipinski definition) is 7. The fraction of sp³-hybridized carbons (Fsp3) is 0.867. The minimum absolute atomic E-state index is 0.000270. The molecule has 2 aliphatic heterocycles. The van der Waals surface area contributed by atoms with Crippen molar-refractivity contribution in [1.29, 1.82) is 0 Å². The molecular weight excluding hydrogens is 380 g/mol. The van der Waals surface area contributed by atoms with E-state index in [2.05, 4.69) is 9.76 Å². The van der Waals surface area contributed by atoms with Gasteiger partial charge in [0, 0.05) is 25.0 Å². The van der Waals surface area contributed by atoms with Gasteiger partial charge >= 0.3 is 16.4 Å². The third kappa shape index (κ3) is 4.69. The van der Waals surface area contributed by atoms with Gasteiger partial charge in [-0.15, -0.1) is 4.28 Å². The van der Waals surface area contributed by atoms with E-state index in [0.29, 0.717) is 17.4 Å². The lowest BCUT2D eigenvalue weighted by molar-refractivity contribution is -0.135. The highest BCUT2D eigenvalue weighted by Crippen LogP contribution is 2.43. The first kappa shape index (κ1) is 20.3. The Labute approximate surface area is 158 Å². The number of hydroxylamine groups is 3. The Bertz CT molecular complexity index is 709. The van der Waals surface area contributed by atoms with E-state index in [1.807, 2.05) is 13.8 Å². The number of carbonyl (C=O) groups is 2. The number of rotatable bonds is 8. The minimum Gasteiger partial charge on any atom is -0.325 e. The molecule has 3 fully saturated rings. The van der Waals surface area contributed by atoms with Gasteiger partial charge in [-0.1, -0.05) is 13.8 Å². The van der Waals surface area contributed by atoms with E-state index in [1.54, 1.807) is 0 Å². The minimum atomic E-state index is -4.82. The molecule has 27 heavy (non-hydrogen) atoms. The van der Waals surface area contributed by atoms with Gasteiger partial charge < -0.3 is 10.6 Å². The van der Waals surface area contributed by atoms with Crippen molar-refractivity contribution >= 4 is 22.3 Å².